The minimum atomic E-state index is -0.0389. The predicted molar refractivity (Wildman–Crippen MR) is 68.3 cm³/mol. The Morgan fingerprint density at radius 3 is 2.67 bits per heavy atom. The van der Waals surface area contributed by atoms with E-state index in [-0.39, 0.29) is 5.66 Å². The van der Waals surface area contributed by atoms with E-state index in [0.29, 0.717) is 5.92 Å². The molecule has 88 valence electrons. The van der Waals surface area contributed by atoms with Gasteiger partial charge in [-0.3, -0.25) is 5.01 Å². The second kappa shape index (κ2) is 5.12. The number of rotatable bonds is 5. The molecule has 0 aliphatic carbocycles. The molecular weight excluding hydrogens is 206 g/mol. The number of nitrogens with one attached hydrogen (secondary N) is 2. The maximum atomic E-state index is 5.31. The van der Waals surface area contributed by atoms with Crippen molar-refractivity contribution in [1.82, 2.24) is 15.8 Å². The largest absolute Gasteiger partial charge is 0.342 e. The van der Waals surface area contributed by atoms with Crippen molar-refractivity contribution in [3.8, 4) is 0 Å². The van der Waals surface area contributed by atoms with E-state index in [9.17, 15) is 0 Å². The van der Waals surface area contributed by atoms with Gasteiger partial charge in [0.05, 0.1) is 0 Å². The van der Waals surface area contributed by atoms with Gasteiger partial charge in [-0.2, -0.15) is 0 Å². The molecular formula is C11H23N3S. The van der Waals surface area contributed by atoms with Crippen LogP contribution < -0.4 is 10.7 Å². The minimum absolute atomic E-state index is 0.0389. The molecule has 0 bridgehead atoms. The van der Waals surface area contributed by atoms with Gasteiger partial charge in [0.2, 0.25) is 0 Å². The van der Waals surface area contributed by atoms with Gasteiger partial charge in [-0.15, -0.1) is 0 Å². The molecule has 4 heteroatoms. The van der Waals surface area contributed by atoms with Crippen molar-refractivity contribution in [2.45, 2.75) is 52.6 Å². The van der Waals surface area contributed by atoms with E-state index in [1.54, 1.807) is 0 Å². The minimum Gasteiger partial charge on any atom is -0.342 e. The molecule has 3 nitrogen and oxygen atoms in total. The molecule has 0 spiro atoms. The predicted octanol–water partition coefficient (Wildman–Crippen LogP) is 2.24. The summed E-state index contributed by atoms with van der Waals surface area (Å²) < 4.78 is 0. The number of nitrogens with zero attached hydrogens (tertiary/aromatic N) is 1. The molecule has 1 aliphatic heterocycles. The van der Waals surface area contributed by atoms with Crippen molar-refractivity contribution >= 4 is 17.3 Å². The Morgan fingerprint density at radius 2 is 2.13 bits per heavy atom. The topological polar surface area (TPSA) is 27.3 Å². The van der Waals surface area contributed by atoms with E-state index >= 15 is 0 Å². The Bertz CT molecular complexity index is 230. The summed E-state index contributed by atoms with van der Waals surface area (Å²) in [7, 11) is 0. The fourth-order valence-electron chi connectivity index (χ4n) is 1.84. The third kappa shape index (κ3) is 3.61. The Morgan fingerprint density at radius 1 is 1.47 bits per heavy atom. The van der Waals surface area contributed by atoms with E-state index in [0.717, 1.165) is 30.9 Å². The van der Waals surface area contributed by atoms with Crippen LogP contribution in [0.3, 0.4) is 0 Å². The van der Waals surface area contributed by atoms with Gasteiger partial charge < -0.3 is 5.32 Å². The van der Waals surface area contributed by atoms with Crippen LogP contribution in [0.5, 0.6) is 0 Å². The summed E-state index contributed by atoms with van der Waals surface area (Å²) in [6, 6.07) is 0. The summed E-state index contributed by atoms with van der Waals surface area (Å²) in [5.41, 5.74) is 3.42. The normalized spacial score (nSPS) is 26.2. The van der Waals surface area contributed by atoms with Crippen LogP contribution in [-0.2, 0) is 0 Å². The molecule has 0 unspecified atom stereocenters. The molecule has 0 aromatic carbocycles. The van der Waals surface area contributed by atoms with Crippen LogP contribution in [0.15, 0.2) is 0 Å². The Labute approximate surface area is 98.6 Å². The van der Waals surface area contributed by atoms with E-state index in [4.69, 9.17) is 12.2 Å². The quantitative estimate of drug-likeness (QED) is 0.707. The fraction of sp³-hybridized carbons (Fsp3) is 0.909. The second-order valence-corrected chi connectivity index (χ2v) is 5.34. The van der Waals surface area contributed by atoms with Crippen LogP contribution in [0.1, 0.15) is 47.0 Å². The van der Waals surface area contributed by atoms with Crippen LogP contribution in [-0.4, -0.2) is 22.3 Å². The smallest absolute Gasteiger partial charge is 0.185 e. The zero-order valence-corrected chi connectivity index (χ0v) is 11.1. The Kier molecular flexibility index (Phi) is 4.34. The maximum Gasteiger partial charge on any atom is 0.185 e. The third-order valence-electron chi connectivity index (χ3n) is 2.69. The first-order valence-corrected chi connectivity index (χ1v) is 6.25. The highest BCUT2D eigenvalue weighted by Gasteiger charge is 2.34. The monoisotopic (exact) mass is 229 g/mol. The molecule has 1 atom stereocenters. The lowest BCUT2D eigenvalue weighted by Gasteiger charge is -2.25. The first-order valence-electron chi connectivity index (χ1n) is 5.84. The molecule has 1 heterocycles. The summed E-state index contributed by atoms with van der Waals surface area (Å²) in [6.07, 6.45) is 3.40. The molecule has 1 saturated heterocycles. The molecule has 2 N–H and O–H groups in total. The average molecular weight is 229 g/mol. The molecule has 0 aromatic heterocycles. The average Bonchev–Trinajstić information content (AvgIpc) is 2.38. The zero-order chi connectivity index (χ0) is 11.5. The van der Waals surface area contributed by atoms with Crippen LogP contribution in [0, 0.1) is 5.92 Å². The van der Waals surface area contributed by atoms with Crippen LogP contribution in [0.25, 0.3) is 0 Å². The van der Waals surface area contributed by atoms with E-state index in [2.05, 4.69) is 43.4 Å². The van der Waals surface area contributed by atoms with Gasteiger partial charge in [0, 0.05) is 6.54 Å². The molecule has 0 amide bonds. The summed E-state index contributed by atoms with van der Waals surface area (Å²) in [4.78, 5) is 0. The van der Waals surface area contributed by atoms with Gasteiger partial charge >= 0.3 is 0 Å². The number of hydrogen-bond acceptors (Lipinski definition) is 2. The van der Waals surface area contributed by atoms with Crippen molar-refractivity contribution in [2.24, 2.45) is 5.92 Å². The molecule has 1 rings (SSSR count). The third-order valence-corrected chi connectivity index (χ3v) is 3.01. The zero-order valence-electron chi connectivity index (χ0n) is 10.3. The number of thiocarbonyl (C=S) groups is 1. The molecule has 1 aliphatic rings. The second-order valence-electron chi connectivity index (χ2n) is 4.96. The van der Waals surface area contributed by atoms with Gasteiger partial charge in [-0.25, -0.2) is 5.43 Å². The summed E-state index contributed by atoms with van der Waals surface area (Å²) in [5.74, 6) is 0.715. The standard InChI is InChI=1S/C11H23N3S/c1-5-7-11(4)12-10(15)14(13-11)8-6-9(2)3/h9,13H,5-8H2,1-4H3,(H,12,15)/t11-/m0/s1. The van der Waals surface area contributed by atoms with E-state index < -0.39 is 0 Å². The van der Waals surface area contributed by atoms with Gasteiger partial charge in [0.15, 0.2) is 5.11 Å². The number of hydrogen-bond donors (Lipinski definition) is 2. The highest BCUT2D eigenvalue weighted by Crippen LogP contribution is 2.16. The lowest BCUT2D eigenvalue weighted by molar-refractivity contribution is 0.213. The van der Waals surface area contributed by atoms with Crippen molar-refractivity contribution in [3.63, 3.8) is 0 Å². The van der Waals surface area contributed by atoms with E-state index in [1.807, 2.05) is 0 Å². The summed E-state index contributed by atoms with van der Waals surface area (Å²) >= 11 is 5.31. The number of hydrazine groups is 1. The SMILES string of the molecule is CCC[C@@]1(C)NC(=S)N(CCC(C)C)N1. The first kappa shape index (κ1) is 12.7. The Hall–Kier alpha value is -0.350. The molecule has 0 radical (unpaired) electrons. The molecule has 15 heavy (non-hydrogen) atoms. The van der Waals surface area contributed by atoms with Crippen molar-refractivity contribution in [3.05, 3.63) is 0 Å². The van der Waals surface area contributed by atoms with Crippen LogP contribution >= 0.6 is 12.2 Å². The van der Waals surface area contributed by atoms with Gasteiger partial charge in [0.1, 0.15) is 5.66 Å². The molecule has 1 fully saturated rings. The first-order chi connectivity index (χ1) is 6.97. The van der Waals surface area contributed by atoms with Crippen molar-refractivity contribution < 1.29 is 0 Å². The lowest BCUT2D eigenvalue weighted by Crippen LogP contribution is -2.48. The van der Waals surface area contributed by atoms with Crippen molar-refractivity contribution in [1.29, 1.82) is 0 Å². The van der Waals surface area contributed by atoms with Gasteiger partial charge in [0.25, 0.3) is 0 Å². The molecule has 0 aromatic rings. The highest BCUT2D eigenvalue weighted by molar-refractivity contribution is 7.80. The van der Waals surface area contributed by atoms with Crippen LogP contribution in [0.4, 0.5) is 0 Å². The summed E-state index contributed by atoms with van der Waals surface area (Å²) in [6.45, 7) is 9.81. The summed E-state index contributed by atoms with van der Waals surface area (Å²) in [5, 5.41) is 6.27. The van der Waals surface area contributed by atoms with Gasteiger partial charge in [-0.05, 0) is 37.9 Å². The molecule has 0 saturated carbocycles. The van der Waals surface area contributed by atoms with Crippen molar-refractivity contribution in [2.75, 3.05) is 6.54 Å². The van der Waals surface area contributed by atoms with Crippen LogP contribution in [0.2, 0.25) is 0 Å². The van der Waals surface area contributed by atoms with Gasteiger partial charge in [-0.1, -0.05) is 27.2 Å². The Balaban J connectivity index is 2.45. The maximum absolute atomic E-state index is 5.31. The lowest BCUT2D eigenvalue weighted by atomic mass is 10.1. The highest BCUT2D eigenvalue weighted by atomic mass is 32.1. The van der Waals surface area contributed by atoms with E-state index in [1.165, 1.54) is 0 Å². The fourth-order valence-corrected chi connectivity index (χ4v) is 2.21.